The van der Waals surface area contributed by atoms with Crippen molar-refractivity contribution in [1.82, 2.24) is 20.2 Å². The molecule has 1 aliphatic carbocycles. The minimum absolute atomic E-state index is 0.133. The summed E-state index contributed by atoms with van der Waals surface area (Å²) < 4.78 is 18.0. The van der Waals surface area contributed by atoms with Gasteiger partial charge in [-0.3, -0.25) is 9.59 Å². The third-order valence-corrected chi connectivity index (χ3v) is 9.49. The van der Waals surface area contributed by atoms with Gasteiger partial charge in [0.05, 0.1) is 30.6 Å². The zero-order valence-corrected chi connectivity index (χ0v) is 27.3. The average molecular weight is 629 g/mol. The number of rotatable bonds is 3. The molecule has 1 aromatic heterocycles. The van der Waals surface area contributed by atoms with E-state index >= 15 is 0 Å². The second-order valence-corrected chi connectivity index (χ2v) is 14.0. The molecule has 1 saturated carbocycles. The monoisotopic (exact) mass is 628 g/mol. The van der Waals surface area contributed by atoms with Gasteiger partial charge in [-0.05, 0) is 61.6 Å². The summed E-state index contributed by atoms with van der Waals surface area (Å²) in [6, 6.07) is 13.5. The Labute approximate surface area is 270 Å². The van der Waals surface area contributed by atoms with E-state index < -0.39 is 35.6 Å². The van der Waals surface area contributed by atoms with Crippen LogP contribution in [0.1, 0.15) is 77.0 Å². The highest BCUT2D eigenvalue weighted by molar-refractivity contribution is 5.93. The summed E-state index contributed by atoms with van der Waals surface area (Å²) in [7, 11) is 1.61. The van der Waals surface area contributed by atoms with Gasteiger partial charge in [0.15, 0.2) is 5.78 Å². The highest BCUT2D eigenvalue weighted by Crippen LogP contribution is 2.41. The van der Waals surface area contributed by atoms with Crippen molar-refractivity contribution in [3.05, 3.63) is 59.8 Å². The van der Waals surface area contributed by atoms with Crippen molar-refractivity contribution in [3.8, 4) is 11.6 Å². The van der Waals surface area contributed by atoms with E-state index in [1.54, 1.807) is 12.0 Å². The van der Waals surface area contributed by atoms with Gasteiger partial charge in [0, 0.05) is 6.07 Å². The van der Waals surface area contributed by atoms with Gasteiger partial charge in [0.1, 0.15) is 35.7 Å². The first-order valence-electron chi connectivity index (χ1n) is 16.4. The van der Waals surface area contributed by atoms with Gasteiger partial charge in [-0.1, -0.05) is 63.9 Å². The van der Waals surface area contributed by atoms with Crippen LogP contribution in [0.15, 0.2) is 48.5 Å². The largest absolute Gasteiger partial charge is 0.497 e. The maximum Gasteiger partial charge on any atom is 0.408 e. The molecule has 1 N–H and O–H groups in total. The Morgan fingerprint density at radius 3 is 2.48 bits per heavy atom. The predicted octanol–water partition coefficient (Wildman–Crippen LogP) is 5.62. The molecule has 0 unspecified atom stereocenters. The number of ether oxygens (including phenoxy) is 3. The molecule has 1 saturated heterocycles. The van der Waals surface area contributed by atoms with Gasteiger partial charge in [0.25, 0.3) is 0 Å². The Kier molecular flexibility index (Phi) is 8.90. The summed E-state index contributed by atoms with van der Waals surface area (Å²) >= 11 is 0. The van der Waals surface area contributed by atoms with Crippen LogP contribution in [0.5, 0.6) is 11.6 Å². The first-order chi connectivity index (χ1) is 22.0. The number of fused-ring (bicyclic) bond motifs is 5. The van der Waals surface area contributed by atoms with Gasteiger partial charge < -0.3 is 24.4 Å². The molecule has 2 bridgehead atoms. The number of nitrogens with one attached hydrogen (secondary N) is 1. The maximum absolute atomic E-state index is 14.5. The topological polar surface area (TPSA) is 120 Å². The quantitative estimate of drug-likeness (QED) is 0.397. The number of benzene rings is 2. The second kappa shape index (κ2) is 12.9. The van der Waals surface area contributed by atoms with Crippen LogP contribution in [0.25, 0.3) is 11.0 Å². The summed E-state index contributed by atoms with van der Waals surface area (Å²) in [6.07, 6.45) is 4.04. The molecule has 2 aliphatic heterocycles. The Morgan fingerprint density at radius 1 is 0.978 bits per heavy atom. The summed E-state index contributed by atoms with van der Waals surface area (Å²) in [6.45, 7) is 7.33. The van der Waals surface area contributed by atoms with E-state index in [0.29, 0.717) is 29.5 Å². The molecule has 10 heteroatoms. The van der Waals surface area contributed by atoms with Crippen molar-refractivity contribution in [2.24, 2.45) is 11.3 Å². The number of methoxy groups -OCH3 is 1. The SMILES string of the molecule is COc1ccc2nc3c(nc2c1)O[C@H]1CN(C(=O)[C@H](C(C)(C)C)NC(=O)O[C@@H]2C[C@H]2CCCCC3)[C@H](C(C)=O)[C@@H]1c1ccccc1. The van der Waals surface area contributed by atoms with Gasteiger partial charge in [-0.15, -0.1) is 0 Å². The molecule has 0 spiro atoms. The number of Topliss-reactive ketones (excluding diaryl/α,β-unsaturated/α-hetero) is 1. The van der Waals surface area contributed by atoms with Crippen LogP contribution in [0.3, 0.4) is 0 Å². The fraction of sp³-hybridized carbons (Fsp3) is 0.528. The van der Waals surface area contributed by atoms with Crippen LogP contribution in [-0.4, -0.2) is 70.6 Å². The van der Waals surface area contributed by atoms with Gasteiger partial charge >= 0.3 is 6.09 Å². The molecular weight excluding hydrogens is 584 g/mol. The zero-order valence-electron chi connectivity index (χ0n) is 27.3. The molecule has 3 aliphatic rings. The van der Waals surface area contributed by atoms with Crippen LogP contribution in [0.4, 0.5) is 4.79 Å². The zero-order chi connectivity index (χ0) is 32.6. The minimum atomic E-state index is -0.920. The summed E-state index contributed by atoms with van der Waals surface area (Å²) in [5, 5.41) is 2.87. The number of nitrogens with zero attached hydrogens (tertiary/aromatic N) is 3. The van der Waals surface area contributed by atoms with E-state index in [4.69, 9.17) is 24.2 Å². The molecule has 6 rings (SSSR count). The molecule has 0 radical (unpaired) electrons. The number of aryl methyl sites for hydroxylation is 1. The number of alkyl carbamates (subject to hydrolysis) is 1. The van der Waals surface area contributed by atoms with E-state index in [2.05, 4.69) is 5.32 Å². The van der Waals surface area contributed by atoms with Crippen LogP contribution in [0, 0.1) is 11.3 Å². The summed E-state index contributed by atoms with van der Waals surface area (Å²) in [5.41, 5.74) is 2.36. The van der Waals surface area contributed by atoms with Crippen LogP contribution in [-0.2, 0) is 20.7 Å². The third-order valence-electron chi connectivity index (χ3n) is 9.49. The van der Waals surface area contributed by atoms with Crippen molar-refractivity contribution < 1.29 is 28.6 Å². The Bertz CT molecular complexity index is 1610. The van der Waals surface area contributed by atoms with Crippen LogP contribution < -0.4 is 14.8 Å². The standard InChI is InChI=1S/C36H44N4O6/c1-21(41)31-30(22-12-8-6-9-13-22)29-20-40(31)34(42)32(36(2,3)4)39-35(43)46-28-18-23(28)14-10-7-11-15-26-33(45-29)38-27-19-24(44-5)16-17-25(27)37-26/h6,8-9,12-13,16-17,19,23,28-32H,7,10-11,14-15,18,20H2,1-5H3,(H,39,43)/t23-,28-,29+,30-,31-,32-/m1/s1. The van der Waals surface area contributed by atoms with Gasteiger partial charge in [0.2, 0.25) is 11.8 Å². The Balaban J connectivity index is 1.44. The van der Waals surface area contributed by atoms with E-state index in [9.17, 15) is 14.4 Å². The first-order valence-corrected chi connectivity index (χ1v) is 16.4. The summed E-state index contributed by atoms with van der Waals surface area (Å²) in [4.78, 5) is 52.6. The van der Waals surface area contributed by atoms with Crippen molar-refractivity contribution in [1.29, 1.82) is 0 Å². The van der Waals surface area contributed by atoms with Gasteiger partial charge in [-0.25, -0.2) is 14.8 Å². The van der Waals surface area contributed by atoms with Crippen LogP contribution >= 0.6 is 0 Å². The lowest BCUT2D eigenvalue weighted by molar-refractivity contribution is -0.141. The lowest BCUT2D eigenvalue weighted by Gasteiger charge is -2.35. The molecule has 3 heterocycles. The number of hydrogen-bond donors (Lipinski definition) is 1. The highest BCUT2D eigenvalue weighted by atomic mass is 16.6. The lowest BCUT2D eigenvalue weighted by Crippen LogP contribution is -2.57. The molecule has 2 amide bonds. The normalized spacial score (nSPS) is 27.3. The lowest BCUT2D eigenvalue weighted by atomic mass is 9.84. The predicted molar refractivity (Wildman–Crippen MR) is 173 cm³/mol. The van der Waals surface area contributed by atoms with E-state index in [-0.39, 0.29) is 24.3 Å². The number of carbonyl (C=O) groups is 3. The highest BCUT2D eigenvalue weighted by Gasteiger charge is 2.51. The molecule has 2 aromatic carbocycles. The Hall–Kier alpha value is -4.21. The molecule has 2 fully saturated rings. The van der Waals surface area contributed by atoms with Crippen molar-refractivity contribution in [2.75, 3.05) is 13.7 Å². The number of amides is 2. The molecule has 10 nitrogen and oxygen atoms in total. The van der Waals surface area contributed by atoms with Crippen molar-refractivity contribution >= 4 is 28.8 Å². The third kappa shape index (κ3) is 6.66. The number of carbonyl (C=O) groups excluding carboxylic acids is 3. The number of aromatic nitrogens is 2. The van der Waals surface area contributed by atoms with Crippen molar-refractivity contribution in [2.45, 2.75) is 96.4 Å². The van der Waals surface area contributed by atoms with Crippen LogP contribution in [0.2, 0.25) is 0 Å². The average Bonchev–Trinajstić information content (AvgIpc) is 3.64. The molecule has 244 valence electrons. The van der Waals surface area contributed by atoms with Crippen molar-refractivity contribution in [3.63, 3.8) is 0 Å². The molecule has 6 atom stereocenters. The first kappa shape index (κ1) is 31.8. The van der Waals surface area contributed by atoms with E-state index in [1.165, 1.54) is 6.92 Å². The number of hydrogen-bond acceptors (Lipinski definition) is 8. The Morgan fingerprint density at radius 2 is 1.76 bits per heavy atom. The van der Waals surface area contributed by atoms with E-state index in [1.807, 2.05) is 69.3 Å². The summed E-state index contributed by atoms with van der Waals surface area (Å²) in [5.74, 6) is 0.414. The molecule has 46 heavy (non-hydrogen) atoms. The smallest absolute Gasteiger partial charge is 0.408 e. The minimum Gasteiger partial charge on any atom is -0.497 e. The molecular formula is C36H44N4O6. The fourth-order valence-corrected chi connectivity index (χ4v) is 6.93. The van der Waals surface area contributed by atoms with Gasteiger partial charge in [-0.2, -0.15) is 0 Å². The number of ketones is 1. The molecule has 3 aromatic rings. The van der Waals surface area contributed by atoms with E-state index in [0.717, 1.165) is 48.9 Å². The maximum atomic E-state index is 14.5. The fourth-order valence-electron chi connectivity index (χ4n) is 6.93. The second-order valence-electron chi connectivity index (χ2n) is 14.0.